The van der Waals surface area contributed by atoms with Gasteiger partial charge in [0.05, 0.1) is 20.3 Å². The van der Waals surface area contributed by atoms with Crippen LogP contribution in [0.4, 0.5) is 5.69 Å². The number of methoxy groups -OCH3 is 2. The lowest BCUT2D eigenvalue weighted by molar-refractivity contribution is 0.0976. The van der Waals surface area contributed by atoms with Crippen molar-refractivity contribution in [1.29, 1.82) is 0 Å². The van der Waals surface area contributed by atoms with Gasteiger partial charge in [-0.1, -0.05) is 60.7 Å². The highest BCUT2D eigenvalue weighted by Crippen LogP contribution is 2.37. The Bertz CT molecular complexity index is 879. The van der Waals surface area contributed by atoms with E-state index in [1.54, 1.807) is 14.2 Å². The normalized spacial score (nSPS) is 11.5. The Morgan fingerprint density at radius 3 is 2.15 bits per heavy atom. The Morgan fingerprint density at radius 1 is 0.852 bits per heavy atom. The smallest absolute Gasteiger partial charge is 0.165 e. The second-order valence-corrected chi connectivity index (χ2v) is 6.14. The van der Waals surface area contributed by atoms with Crippen molar-refractivity contribution in [2.75, 3.05) is 19.5 Å². The monoisotopic (exact) mass is 361 g/mol. The van der Waals surface area contributed by atoms with Crippen molar-refractivity contribution in [3.8, 4) is 11.5 Å². The number of hydrogen-bond donors (Lipinski definition) is 1. The van der Waals surface area contributed by atoms with Crippen LogP contribution in [-0.4, -0.2) is 20.0 Å². The molecule has 4 heteroatoms. The Morgan fingerprint density at radius 2 is 1.52 bits per heavy atom. The van der Waals surface area contributed by atoms with Crippen LogP contribution in [0.15, 0.2) is 78.9 Å². The van der Waals surface area contributed by atoms with Gasteiger partial charge < -0.3 is 14.8 Å². The van der Waals surface area contributed by atoms with Crippen molar-refractivity contribution in [2.45, 2.75) is 12.5 Å². The first-order valence-electron chi connectivity index (χ1n) is 8.83. The largest absolute Gasteiger partial charge is 0.493 e. The number of para-hydroxylation sites is 2. The summed E-state index contributed by atoms with van der Waals surface area (Å²) in [7, 11) is 3.22. The summed E-state index contributed by atoms with van der Waals surface area (Å²) in [5.74, 6) is 1.34. The van der Waals surface area contributed by atoms with E-state index in [-0.39, 0.29) is 11.8 Å². The second-order valence-electron chi connectivity index (χ2n) is 6.14. The fourth-order valence-electron chi connectivity index (χ4n) is 3.09. The van der Waals surface area contributed by atoms with Gasteiger partial charge in [0.25, 0.3) is 0 Å². The highest BCUT2D eigenvalue weighted by Gasteiger charge is 2.22. The zero-order chi connectivity index (χ0) is 19.1. The van der Waals surface area contributed by atoms with Gasteiger partial charge in [0.15, 0.2) is 17.3 Å². The number of nitrogens with one attached hydrogen (secondary N) is 1. The van der Waals surface area contributed by atoms with E-state index in [4.69, 9.17) is 9.47 Å². The number of benzene rings is 3. The molecule has 0 radical (unpaired) electrons. The number of Topliss-reactive ketones (excluding diaryl/α,β-unsaturated/α-hetero) is 1. The molecule has 3 aromatic rings. The molecule has 0 amide bonds. The van der Waals surface area contributed by atoms with Gasteiger partial charge in [-0.3, -0.25) is 4.79 Å². The van der Waals surface area contributed by atoms with Crippen LogP contribution < -0.4 is 14.8 Å². The van der Waals surface area contributed by atoms with Crippen LogP contribution in [-0.2, 0) is 0 Å². The zero-order valence-electron chi connectivity index (χ0n) is 15.5. The van der Waals surface area contributed by atoms with E-state index in [1.165, 1.54) is 0 Å². The van der Waals surface area contributed by atoms with Crippen molar-refractivity contribution >= 4 is 11.5 Å². The van der Waals surface area contributed by atoms with Crippen LogP contribution in [0.25, 0.3) is 0 Å². The summed E-state index contributed by atoms with van der Waals surface area (Å²) in [4.78, 5) is 12.9. The number of carbonyl (C=O) groups excluding carboxylic acids is 1. The fraction of sp³-hybridized carbons (Fsp3) is 0.174. The molecule has 0 saturated heterocycles. The van der Waals surface area contributed by atoms with Crippen molar-refractivity contribution in [3.05, 3.63) is 90.0 Å². The molecule has 1 atom stereocenters. The predicted octanol–water partition coefficient (Wildman–Crippen LogP) is 5.13. The standard InChI is InChI=1S/C23H23NO3/c1-26-22-15-9-14-19(23(22)27-2)20(24-18-12-7-4-8-13-18)16-21(25)17-10-5-3-6-11-17/h3-15,20,24H,16H2,1-2H3. The van der Waals surface area contributed by atoms with Crippen LogP contribution >= 0.6 is 0 Å². The number of rotatable bonds is 8. The van der Waals surface area contributed by atoms with Gasteiger partial charge in [-0.25, -0.2) is 0 Å². The Labute approximate surface area is 159 Å². The molecule has 0 aliphatic rings. The van der Waals surface area contributed by atoms with E-state index in [2.05, 4.69) is 5.32 Å². The molecule has 3 aromatic carbocycles. The van der Waals surface area contributed by atoms with Crippen LogP contribution in [0.5, 0.6) is 11.5 Å². The molecule has 0 saturated carbocycles. The first-order valence-corrected chi connectivity index (χ1v) is 8.83. The maximum atomic E-state index is 12.9. The molecule has 3 rings (SSSR count). The van der Waals surface area contributed by atoms with E-state index in [0.29, 0.717) is 23.5 Å². The Balaban J connectivity index is 1.96. The summed E-state index contributed by atoms with van der Waals surface area (Å²) in [5.41, 5.74) is 2.51. The topological polar surface area (TPSA) is 47.6 Å². The minimum atomic E-state index is -0.259. The van der Waals surface area contributed by atoms with Crippen LogP contribution in [0.2, 0.25) is 0 Å². The van der Waals surface area contributed by atoms with Gasteiger partial charge in [0.2, 0.25) is 0 Å². The molecule has 27 heavy (non-hydrogen) atoms. The highest BCUT2D eigenvalue weighted by atomic mass is 16.5. The molecule has 138 valence electrons. The van der Waals surface area contributed by atoms with Crippen molar-refractivity contribution < 1.29 is 14.3 Å². The minimum absolute atomic E-state index is 0.0638. The van der Waals surface area contributed by atoms with Crippen molar-refractivity contribution in [1.82, 2.24) is 0 Å². The molecule has 1 N–H and O–H groups in total. The summed E-state index contributed by atoms with van der Waals surface area (Å²) in [6.07, 6.45) is 0.294. The van der Waals surface area contributed by atoms with Crippen LogP contribution in [0, 0.1) is 0 Å². The quantitative estimate of drug-likeness (QED) is 0.565. The van der Waals surface area contributed by atoms with Gasteiger partial charge in [-0.15, -0.1) is 0 Å². The molecule has 0 fully saturated rings. The zero-order valence-corrected chi connectivity index (χ0v) is 15.5. The lowest BCUT2D eigenvalue weighted by Gasteiger charge is -2.23. The lowest BCUT2D eigenvalue weighted by atomic mass is 9.96. The van der Waals surface area contributed by atoms with E-state index in [1.807, 2.05) is 78.9 Å². The maximum absolute atomic E-state index is 12.9. The molecule has 0 aliphatic heterocycles. The van der Waals surface area contributed by atoms with Crippen molar-refractivity contribution in [3.63, 3.8) is 0 Å². The number of ketones is 1. The number of anilines is 1. The summed E-state index contributed by atoms with van der Waals surface area (Å²) in [6, 6.07) is 24.6. The van der Waals surface area contributed by atoms with Crippen LogP contribution in [0.3, 0.4) is 0 Å². The van der Waals surface area contributed by atoms with Gasteiger partial charge in [-0.2, -0.15) is 0 Å². The Kier molecular flexibility index (Phi) is 6.10. The van der Waals surface area contributed by atoms with Crippen molar-refractivity contribution in [2.24, 2.45) is 0 Å². The van der Waals surface area contributed by atoms with E-state index in [0.717, 1.165) is 11.3 Å². The third-order valence-corrected chi connectivity index (χ3v) is 4.41. The molecule has 0 spiro atoms. The summed E-state index contributed by atoms with van der Waals surface area (Å²) in [6.45, 7) is 0. The highest BCUT2D eigenvalue weighted by molar-refractivity contribution is 5.96. The third-order valence-electron chi connectivity index (χ3n) is 4.41. The number of ether oxygens (including phenoxy) is 2. The predicted molar refractivity (Wildman–Crippen MR) is 108 cm³/mol. The van der Waals surface area contributed by atoms with Gasteiger partial charge in [-0.05, 0) is 18.2 Å². The molecule has 0 heterocycles. The first-order chi connectivity index (χ1) is 13.2. The SMILES string of the molecule is COc1cccc(C(CC(=O)c2ccccc2)Nc2ccccc2)c1OC. The van der Waals surface area contributed by atoms with Crippen LogP contribution in [0.1, 0.15) is 28.4 Å². The molecular formula is C23H23NO3. The van der Waals surface area contributed by atoms with E-state index >= 15 is 0 Å². The maximum Gasteiger partial charge on any atom is 0.165 e. The first kappa shape index (κ1) is 18.5. The summed E-state index contributed by atoms with van der Waals surface area (Å²) in [5, 5.41) is 3.47. The molecular weight excluding hydrogens is 338 g/mol. The average molecular weight is 361 g/mol. The molecule has 4 nitrogen and oxygen atoms in total. The third kappa shape index (κ3) is 4.47. The minimum Gasteiger partial charge on any atom is -0.493 e. The molecule has 0 aromatic heterocycles. The lowest BCUT2D eigenvalue weighted by Crippen LogP contribution is -2.17. The fourth-order valence-corrected chi connectivity index (χ4v) is 3.09. The summed E-state index contributed by atoms with van der Waals surface area (Å²) >= 11 is 0. The van der Waals surface area contributed by atoms with E-state index < -0.39 is 0 Å². The molecule has 0 aliphatic carbocycles. The Hall–Kier alpha value is -3.27. The average Bonchev–Trinajstić information content (AvgIpc) is 2.73. The summed E-state index contributed by atoms with van der Waals surface area (Å²) < 4.78 is 11.0. The van der Waals surface area contributed by atoms with Gasteiger partial charge in [0.1, 0.15) is 0 Å². The molecule has 0 bridgehead atoms. The number of carbonyl (C=O) groups is 1. The van der Waals surface area contributed by atoms with E-state index in [9.17, 15) is 4.79 Å². The van der Waals surface area contributed by atoms with Gasteiger partial charge in [0, 0.05) is 23.2 Å². The number of hydrogen-bond acceptors (Lipinski definition) is 4. The molecule has 1 unspecified atom stereocenters. The second kappa shape index (κ2) is 8.90. The van der Waals surface area contributed by atoms with Gasteiger partial charge >= 0.3 is 0 Å².